The van der Waals surface area contributed by atoms with Gasteiger partial charge in [-0.15, -0.1) is 0 Å². The third-order valence-electron chi connectivity index (χ3n) is 4.50. The third-order valence-corrected chi connectivity index (χ3v) is 5.86. The number of para-hydroxylation sites is 2. The van der Waals surface area contributed by atoms with E-state index in [1.165, 1.54) is 31.4 Å². The molecule has 12 heteroatoms. The number of amides is 2. The predicted octanol–water partition coefficient (Wildman–Crippen LogP) is 3.59. The molecule has 0 spiro atoms. The molecule has 0 aliphatic rings. The van der Waals surface area contributed by atoms with Gasteiger partial charge in [-0.1, -0.05) is 24.3 Å². The Hall–Kier alpha value is -4.06. The summed E-state index contributed by atoms with van der Waals surface area (Å²) in [4.78, 5) is 24.3. The van der Waals surface area contributed by atoms with Crippen LogP contribution in [0.15, 0.2) is 77.7 Å². The Bertz CT molecular complexity index is 1330. The topological polar surface area (TPSA) is 114 Å². The number of halogens is 3. The van der Waals surface area contributed by atoms with Crippen molar-refractivity contribution in [2.45, 2.75) is 11.1 Å². The van der Waals surface area contributed by atoms with Crippen LogP contribution in [-0.2, 0) is 16.2 Å². The van der Waals surface area contributed by atoms with Crippen molar-refractivity contribution in [3.63, 3.8) is 0 Å². The number of anilines is 1. The zero-order valence-corrected chi connectivity index (χ0v) is 18.3. The zero-order valence-electron chi connectivity index (χ0n) is 17.5. The first-order valence-electron chi connectivity index (χ1n) is 9.55. The van der Waals surface area contributed by atoms with Gasteiger partial charge in [-0.25, -0.2) is 8.42 Å². The van der Waals surface area contributed by atoms with E-state index < -0.39 is 33.6 Å². The number of benzene rings is 3. The van der Waals surface area contributed by atoms with Gasteiger partial charge in [0.2, 0.25) is 0 Å². The second-order valence-electron chi connectivity index (χ2n) is 6.82. The molecule has 0 unspecified atom stereocenters. The zero-order chi connectivity index (χ0) is 24.9. The molecule has 0 radical (unpaired) electrons. The van der Waals surface area contributed by atoms with E-state index in [9.17, 15) is 31.2 Å². The normalized spacial score (nSPS) is 11.4. The number of carbonyl (C=O) groups is 2. The number of hydrazine groups is 1. The standard InChI is InChI=1S/C22H18F3N3O5S/c1-33-19-11-3-2-10-18(19)28-34(31,32)17-9-5-7-15(13-17)21(30)27-26-20(29)14-6-4-8-16(12-14)22(23,24)25/h2-13,28H,1H3,(H,26,29)(H,27,30). The highest BCUT2D eigenvalue weighted by molar-refractivity contribution is 7.92. The molecule has 3 aromatic carbocycles. The van der Waals surface area contributed by atoms with Crippen molar-refractivity contribution in [2.24, 2.45) is 0 Å². The summed E-state index contributed by atoms with van der Waals surface area (Å²) in [6.45, 7) is 0. The first-order chi connectivity index (χ1) is 16.0. The fourth-order valence-corrected chi connectivity index (χ4v) is 3.95. The van der Waals surface area contributed by atoms with Gasteiger partial charge >= 0.3 is 6.18 Å². The van der Waals surface area contributed by atoms with Crippen LogP contribution in [0.4, 0.5) is 18.9 Å². The lowest BCUT2D eigenvalue weighted by molar-refractivity contribution is -0.137. The van der Waals surface area contributed by atoms with Crippen molar-refractivity contribution in [3.8, 4) is 5.75 Å². The number of hydrogen-bond acceptors (Lipinski definition) is 5. The van der Waals surface area contributed by atoms with Gasteiger partial charge in [0.1, 0.15) is 5.75 Å². The number of hydrogen-bond donors (Lipinski definition) is 3. The molecular formula is C22H18F3N3O5S. The fourth-order valence-electron chi connectivity index (χ4n) is 2.83. The first-order valence-corrected chi connectivity index (χ1v) is 11.0. The lowest BCUT2D eigenvalue weighted by atomic mass is 10.1. The van der Waals surface area contributed by atoms with Crippen molar-refractivity contribution in [1.29, 1.82) is 0 Å². The van der Waals surface area contributed by atoms with E-state index in [-0.39, 0.29) is 27.5 Å². The van der Waals surface area contributed by atoms with Crippen molar-refractivity contribution < 1.29 is 35.9 Å². The number of rotatable bonds is 6. The molecule has 0 saturated heterocycles. The van der Waals surface area contributed by atoms with E-state index in [1.54, 1.807) is 18.2 Å². The smallest absolute Gasteiger partial charge is 0.416 e. The van der Waals surface area contributed by atoms with Crippen LogP contribution in [0.3, 0.4) is 0 Å². The Balaban J connectivity index is 1.72. The Labute approximate surface area is 192 Å². The van der Waals surface area contributed by atoms with Crippen LogP contribution in [-0.4, -0.2) is 27.3 Å². The summed E-state index contributed by atoms with van der Waals surface area (Å²) in [5.41, 5.74) is 2.77. The van der Waals surface area contributed by atoms with E-state index in [0.29, 0.717) is 6.07 Å². The van der Waals surface area contributed by atoms with Crippen LogP contribution >= 0.6 is 0 Å². The van der Waals surface area contributed by atoms with Crippen LogP contribution in [0.2, 0.25) is 0 Å². The van der Waals surface area contributed by atoms with E-state index in [0.717, 1.165) is 24.3 Å². The van der Waals surface area contributed by atoms with Crippen LogP contribution in [0.1, 0.15) is 26.3 Å². The minimum Gasteiger partial charge on any atom is -0.495 e. The number of alkyl halides is 3. The van der Waals surface area contributed by atoms with Crippen molar-refractivity contribution >= 4 is 27.5 Å². The van der Waals surface area contributed by atoms with Gasteiger partial charge in [-0.05, 0) is 48.5 Å². The molecule has 2 amide bonds. The predicted molar refractivity (Wildman–Crippen MR) is 117 cm³/mol. The van der Waals surface area contributed by atoms with Crippen molar-refractivity contribution in [1.82, 2.24) is 10.9 Å². The number of nitrogens with one attached hydrogen (secondary N) is 3. The largest absolute Gasteiger partial charge is 0.495 e. The van der Waals surface area contributed by atoms with Crippen LogP contribution < -0.4 is 20.3 Å². The van der Waals surface area contributed by atoms with E-state index in [4.69, 9.17) is 4.74 Å². The van der Waals surface area contributed by atoms with Gasteiger partial charge in [0.15, 0.2) is 0 Å². The first kappa shape index (κ1) is 24.6. The highest BCUT2D eigenvalue weighted by atomic mass is 32.2. The van der Waals surface area contributed by atoms with Gasteiger partial charge in [-0.3, -0.25) is 25.2 Å². The fraction of sp³-hybridized carbons (Fsp3) is 0.0909. The summed E-state index contributed by atoms with van der Waals surface area (Å²) in [6.07, 6.45) is -4.64. The summed E-state index contributed by atoms with van der Waals surface area (Å²) < 4.78 is 71.4. The summed E-state index contributed by atoms with van der Waals surface area (Å²) >= 11 is 0. The number of methoxy groups -OCH3 is 1. The highest BCUT2D eigenvalue weighted by Crippen LogP contribution is 2.29. The number of sulfonamides is 1. The molecule has 8 nitrogen and oxygen atoms in total. The van der Waals surface area contributed by atoms with Gasteiger partial charge < -0.3 is 4.74 Å². The molecule has 0 aliphatic heterocycles. The molecule has 0 saturated carbocycles. The second-order valence-corrected chi connectivity index (χ2v) is 8.50. The molecule has 0 atom stereocenters. The molecule has 3 N–H and O–H groups in total. The maximum Gasteiger partial charge on any atom is 0.416 e. The van der Waals surface area contributed by atoms with E-state index in [1.807, 2.05) is 10.9 Å². The molecule has 3 aromatic rings. The monoisotopic (exact) mass is 493 g/mol. The summed E-state index contributed by atoms with van der Waals surface area (Å²) in [5.74, 6) is -1.58. The highest BCUT2D eigenvalue weighted by Gasteiger charge is 2.31. The molecule has 178 valence electrons. The average molecular weight is 493 g/mol. The lowest BCUT2D eigenvalue weighted by Crippen LogP contribution is -2.41. The second kappa shape index (κ2) is 9.83. The van der Waals surface area contributed by atoms with Gasteiger partial charge in [0.25, 0.3) is 21.8 Å². The van der Waals surface area contributed by atoms with Gasteiger partial charge in [0.05, 0.1) is 23.3 Å². The number of carbonyl (C=O) groups excluding carboxylic acids is 2. The van der Waals surface area contributed by atoms with Crippen LogP contribution in [0.25, 0.3) is 0 Å². The minimum absolute atomic E-state index is 0.118. The average Bonchev–Trinajstić information content (AvgIpc) is 2.82. The summed E-state index contributed by atoms with van der Waals surface area (Å²) in [5, 5.41) is 0. The SMILES string of the molecule is COc1ccccc1NS(=O)(=O)c1cccc(C(=O)NNC(=O)c2cccc(C(F)(F)F)c2)c1. The molecule has 0 bridgehead atoms. The Kier molecular flexibility index (Phi) is 7.11. The van der Waals surface area contributed by atoms with Gasteiger partial charge in [0, 0.05) is 11.1 Å². The van der Waals surface area contributed by atoms with Gasteiger partial charge in [-0.2, -0.15) is 13.2 Å². The van der Waals surface area contributed by atoms with Crippen molar-refractivity contribution in [2.75, 3.05) is 11.8 Å². The molecule has 0 aromatic heterocycles. The molecule has 3 rings (SSSR count). The molecule has 0 fully saturated rings. The van der Waals surface area contributed by atoms with Crippen molar-refractivity contribution in [3.05, 3.63) is 89.5 Å². The quantitative estimate of drug-likeness (QED) is 0.454. The summed E-state index contributed by atoms with van der Waals surface area (Å²) in [6, 6.07) is 14.9. The maximum atomic E-state index is 12.8. The Morgan fingerprint density at radius 2 is 1.41 bits per heavy atom. The maximum absolute atomic E-state index is 12.8. The number of ether oxygens (including phenoxy) is 1. The third kappa shape index (κ3) is 5.84. The summed E-state index contributed by atoms with van der Waals surface area (Å²) in [7, 11) is -2.72. The molecule has 0 aliphatic carbocycles. The Morgan fingerprint density at radius 3 is 2.03 bits per heavy atom. The lowest BCUT2D eigenvalue weighted by Gasteiger charge is -2.13. The van der Waals surface area contributed by atoms with E-state index in [2.05, 4.69) is 4.72 Å². The molecular weight excluding hydrogens is 475 g/mol. The minimum atomic E-state index is -4.64. The van der Waals surface area contributed by atoms with Crippen LogP contribution in [0.5, 0.6) is 5.75 Å². The molecule has 34 heavy (non-hydrogen) atoms. The van der Waals surface area contributed by atoms with E-state index >= 15 is 0 Å². The molecule has 0 heterocycles. The Morgan fingerprint density at radius 1 is 0.824 bits per heavy atom. The van der Waals surface area contributed by atoms with Crippen LogP contribution in [0, 0.1) is 0 Å².